The second kappa shape index (κ2) is 6.52. The fourth-order valence-corrected chi connectivity index (χ4v) is 1.76. The minimum Gasteiger partial charge on any atom is -0.267 e. The number of rotatable bonds is 3. The first-order chi connectivity index (χ1) is 10.1. The van der Waals surface area contributed by atoms with Gasteiger partial charge in [-0.25, -0.2) is 5.01 Å². The summed E-state index contributed by atoms with van der Waals surface area (Å²) >= 11 is 0. The molecule has 0 heterocycles. The number of nitrogens with one attached hydrogen (secondary N) is 1. The zero-order valence-electron chi connectivity index (χ0n) is 11.7. The van der Waals surface area contributed by atoms with Gasteiger partial charge in [-0.05, 0) is 31.2 Å². The topological polar surface area (TPSA) is 49.4 Å². The standard InChI is InChI=1S/C17H16N2O2/c1-13(2)17(21)19(15-11-7-4-8-12-15)18-16(20)14-9-5-3-6-10-14/h3-12H,1H2,2H3,(H,18,20). The van der Waals surface area contributed by atoms with E-state index in [0.717, 1.165) is 0 Å². The van der Waals surface area contributed by atoms with Crippen molar-refractivity contribution in [2.24, 2.45) is 0 Å². The third-order valence-corrected chi connectivity index (χ3v) is 2.83. The summed E-state index contributed by atoms with van der Waals surface area (Å²) in [5.74, 6) is -0.709. The number of anilines is 1. The number of carbonyl (C=O) groups excluding carboxylic acids is 2. The summed E-state index contributed by atoms with van der Waals surface area (Å²) in [7, 11) is 0. The minimum atomic E-state index is -0.356. The highest BCUT2D eigenvalue weighted by atomic mass is 16.2. The van der Waals surface area contributed by atoms with Crippen molar-refractivity contribution in [3.05, 3.63) is 78.4 Å². The normalized spacial score (nSPS) is 9.76. The lowest BCUT2D eigenvalue weighted by molar-refractivity contribution is -0.115. The van der Waals surface area contributed by atoms with Crippen LogP contribution in [0.15, 0.2) is 72.8 Å². The van der Waals surface area contributed by atoms with Crippen molar-refractivity contribution < 1.29 is 9.59 Å². The van der Waals surface area contributed by atoms with Crippen molar-refractivity contribution in [1.82, 2.24) is 5.43 Å². The van der Waals surface area contributed by atoms with Crippen LogP contribution in [0.25, 0.3) is 0 Å². The van der Waals surface area contributed by atoms with Crippen LogP contribution in [-0.4, -0.2) is 11.8 Å². The van der Waals surface area contributed by atoms with E-state index in [1.807, 2.05) is 12.1 Å². The molecule has 2 aromatic rings. The maximum absolute atomic E-state index is 12.2. The molecule has 0 unspecified atom stereocenters. The molecule has 4 nitrogen and oxygen atoms in total. The average molecular weight is 280 g/mol. The number of hydrogen-bond donors (Lipinski definition) is 1. The van der Waals surface area contributed by atoms with Crippen LogP contribution in [-0.2, 0) is 4.79 Å². The van der Waals surface area contributed by atoms with Crippen molar-refractivity contribution in [1.29, 1.82) is 0 Å². The fourth-order valence-electron chi connectivity index (χ4n) is 1.76. The Labute approximate surface area is 123 Å². The second-order valence-electron chi connectivity index (χ2n) is 4.56. The van der Waals surface area contributed by atoms with E-state index in [9.17, 15) is 9.59 Å². The van der Waals surface area contributed by atoms with Crippen LogP contribution in [0, 0.1) is 0 Å². The van der Waals surface area contributed by atoms with E-state index < -0.39 is 0 Å². The Morgan fingerprint density at radius 2 is 1.48 bits per heavy atom. The monoisotopic (exact) mass is 280 g/mol. The van der Waals surface area contributed by atoms with Crippen molar-refractivity contribution in [3.8, 4) is 0 Å². The molecule has 0 aliphatic carbocycles. The molecule has 21 heavy (non-hydrogen) atoms. The van der Waals surface area contributed by atoms with Gasteiger partial charge in [0.2, 0.25) is 0 Å². The lowest BCUT2D eigenvalue weighted by atomic mass is 10.2. The molecule has 0 saturated carbocycles. The molecule has 0 aliphatic heterocycles. The first-order valence-corrected chi connectivity index (χ1v) is 6.50. The van der Waals surface area contributed by atoms with E-state index in [0.29, 0.717) is 16.8 Å². The van der Waals surface area contributed by atoms with Gasteiger partial charge in [0.05, 0.1) is 5.69 Å². The highest BCUT2D eigenvalue weighted by Gasteiger charge is 2.19. The molecule has 2 aromatic carbocycles. The molecule has 2 amide bonds. The van der Waals surface area contributed by atoms with Gasteiger partial charge in [-0.1, -0.05) is 43.0 Å². The van der Waals surface area contributed by atoms with Gasteiger partial charge in [0.1, 0.15) is 0 Å². The van der Waals surface area contributed by atoms with Crippen molar-refractivity contribution in [3.63, 3.8) is 0 Å². The van der Waals surface area contributed by atoms with Crippen LogP contribution in [0.1, 0.15) is 17.3 Å². The first kappa shape index (κ1) is 14.5. The van der Waals surface area contributed by atoms with Gasteiger partial charge in [-0.2, -0.15) is 0 Å². The van der Waals surface area contributed by atoms with Gasteiger partial charge in [-0.3, -0.25) is 15.0 Å². The number of amides is 2. The van der Waals surface area contributed by atoms with E-state index in [2.05, 4.69) is 12.0 Å². The van der Waals surface area contributed by atoms with Gasteiger partial charge < -0.3 is 0 Å². The van der Waals surface area contributed by atoms with Crippen LogP contribution in [0.2, 0.25) is 0 Å². The molecule has 106 valence electrons. The summed E-state index contributed by atoms with van der Waals surface area (Å²) in [5, 5.41) is 1.21. The van der Waals surface area contributed by atoms with E-state index in [1.54, 1.807) is 55.5 Å². The summed E-state index contributed by atoms with van der Waals surface area (Å²) in [4.78, 5) is 24.4. The van der Waals surface area contributed by atoms with E-state index in [-0.39, 0.29) is 11.8 Å². The number of carbonyl (C=O) groups is 2. The Kier molecular flexibility index (Phi) is 4.51. The van der Waals surface area contributed by atoms with Gasteiger partial charge in [0, 0.05) is 11.1 Å². The summed E-state index contributed by atoms with van der Waals surface area (Å²) in [6.07, 6.45) is 0. The molecule has 0 spiro atoms. The number of para-hydroxylation sites is 1. The summed E-state index contributed by atoms with van der Waals surface area (Å²) in [5.41, 5.74) is 4.01. The molecular weight excluding hydrogens is 264 g/mol. The number of nitrogens with zero attached hydrogens (tertiary/aromatic N) is 1. The third kappa shape index (κ3) is 3.57. The predicted molar refractivity (Wildman–Crippen MR) is 82.7 cm³/mol. The molecule has 0 saturated heterocycles. The van der Waals surface area contributed by atoms with E-state index >= 15 is 0 Å². The van der Waals surface area contributed by atoms with Crippen LogP contribution >= 0.6 is 0 Å². The Balaban J connectivity index is 2.27. The molecule has 2 rings (SSSR count). The average Bonchev–Trinajstić information content (AvgIpc) is 2.53. The zero-order valence-corrected chi connectivity index (χ0v) is 11.7. The smallest absolute Gasteiger partial charge is 0.267 e. The van der Waals surface area contributed by atoms with E-state index in [4.69, 9.17) is 0 Å². The second-order valence-corrected chi connectivity index (χ2v) is 4.56. The van der Waals surface area contributed by atoms with Gasteiger partial charge in [-0.15, -0.1) is 0 Å². The maximum atomic E-state index is 12.2. The molecule has 0 fully saturated rings. The predicted octanol–water partition coefficient (Wildman–Crippen LogP) is 2.94. The Bertz CT molecular complexity index is 651. The SMILES string of the molecule is C=C(C)C(=O)N(NC(=O)c1ccccc1)c1ccccc1. The van der Waals surface area contributed by atoms with Crippen molar-refractivity contribution in [2.75, 3.05) is 5.01 Å². The van der Waals surface area contributed by atoms with Crippen LogP contribution < -0.4 is 10.4 Å². The quantitative estimate of drug-likeness (QED) is 0.694. The van der Waals surface area contributed by atoms with Crippen LogP contribution in [0.4, 0.5) is 5.69 Å². The number of hydrazine groups is 1. The minimum absolute atomic E-state index is 0.340. The molecule has 0 bridgehead atoms. The largest absolute Gasteiger partial charge is 0.272 e. The molecule has 0 atom stereocenters. The Hall–Kier alpha value is -2.88. The lowest BCUT2D eigenvalue weighted by Gasteiger charge is -2.23. The summed E-state index contributed by atoms with van der Waals surface area (Å²) < 4.78 is 0. The molecular formula is C17H16N2O2. The fraction of sp³-hybridized carbons (Fsp3) is 0.0588. The van der Waals surface area contributed by atoms with Gasteiger partial charge >= 0.3 is 0 Å². The van der Waals surface area contributed by atoms with Crippen LogP contribution in [0.3, 0.4) is 0 Å². The van der Waals surface area contributed by atoms with Crippen molar-refractivity contribution >= 4 is 17.5 Å². The number of benzene rings is 2. The number of hydrogen-bond acceptors (Lipinski definition) is 2. The first-order valence-electron chi connectivity index (χ1n) is 6.50. The molecule has 0 aliphatic rings. The maximum Gasteiger partial charge on any atom is 0.272 e. The van der Waals surface area contributed by atoms with Crippen molar-refractivity contribution in [2.45, 2.75) is 6.92 Å². The Morgan fingerprint density at radius 3 is 2.00 bits per heavy atom. The van der Waals surface area contributed by atoms with E-state index in [1.165, 1.54) is 5.01 Å². The summed E-state index contributed by atoms with van der Waals surface area (Å²) in [6.45, 7) is 5.24. The molecule has 0 radical (unpaired) electrons. The van der Waals surface area contributed by atoms with Gasteiger partial charge in [0.15, 0.2) is 0 Å². The molecule has 4 heteroatoms. The summed E-state index contributed by atoms with van der Waals surface area (Å²) in [6, 6.07) is 17.6. The molecule has 0 aromatic heterocycles. The Morgan fingerprint density at radius 1 is 0.952 bits per heavy atom. The third-order valence-electron chi connectivity index (χ3n) is 2.83. The lowest BCUT2D eigenvalue weighted by Crippen LogP contribution is -2.46. The molecule has 1 N–H and O–H groups in total. The van der Waals surface area contributed by atoms with Gasteiger partial charge in [0.25, 0.3) is 11.8 Å². The zero-order chi connectivity index (χ0) is 15.2. The highest BCUT2D eigenvalue weighted by Crippen LogP contribution is 2.14. The highest BCUT2D eigenvalue weighted by molar-refractivity contribution is 6.08. The van der Waals surface area contributed by atoms with Crippen LogP contribution in [0.5, 0.6) is 0 Å².